The number of rotatable bonds is 9. The number of carbonyl (C=O) groups is 2. The van der Waals surface area contributed by atoms with E-state index in [0.29, 0.717) is 17.8 Å². The molecule has 0 bridgehead atoms. The molecule has 6 heteroatoms. The third-order valence-corrected chi connectivity index (χ3v) is 6.00. The molecule has 0 aliphatic carbocycles. The quantitative estimate of drug-likeness (QED) is 0.448. The van der Waals surface area contributed by atoms with Gasteiger partial charge in [0, 0.05) is 18.8 Å². The van der Waals surface area contributed by atoms with E-state index in [1.54, 1.807) is 13.0 Å². The Labute approximate surface area is 200 Å². The van der Waals surface area contributed by atoms with Crippen LogP contribution < -0.4 is 16.0 Å². The number of benzene rings is 3. The van der Waals surface area contributed by atoms with Crippen molar-refractivity contribution in [2.45, 2.75) is 38.0 Å². The van der Waals surface area contributed by atoms with E-state index in [2.05, 4.69) is 16.0 Å². The van der Waals surface area contributed by atoms with E-state index in [0.717, 1.165) is 30.6 Å². The van der Waals surface area contributed by atoms with Gasteiger partial charge in [0.1, 0.15) is 6.04 Å². The Hall–Kier alpha value is -3.64. The first-order valence-electron chi connectivity index (χ1n) is 11.8. The average molecular weight is 458 g/mol. The first kappa shape index (κ1) is 23.5. The molecule has 3 N–H and O–H groups in total. The molecule has 34 heavy (non-hydrogen) atoms. The van der Waals surface area contributed by atoms with Crippen molar-refractivity contribution in [1.29, 1.82) is 0 Å². The summed E-state index contributed by atoms with van der Waals surface area (Å²) in [6, 6.07) is 26.2. The van der Waals surface area contributed by atoms with Gasteiger partial charge >= 0.3 is 0 Å². The van der Waals surface area contributed by atoms with Crippen molar-refractivity contribution in [3.8, 4) is 0 Å². The highest BCUT2D eigenvalue weighted by Gasteiger charge is 2.22. The maximum atomic E-state index is 13.2. The fraction of sp³-hybridized carbons (Fsp3) is 0.286. The van der Waals surface area contributed by atoms with Gasteiger partial charge in [0.25, 0.3) is 5.91 Å². The van der Waals surface area contributed by atoms with E-state index >= 15 is 0 Å². The normalized spacial score (nSPS) is 16.1. The molecule has 1 aliphatic rings. The van der Waals surface area contributed by atoms with Crippen LogP contribution in [0.4, 0.5) is 5.69 Å². The van der Waals surface area contributed by atoms with Crippen LogP contribution in [-0.2, 0) is 9.53 Å². The Kier molecular flexibility index (Phi) is 7.94. The summed E-state index contributed by atoms with van der Waals surface area (Å²) in [7, 11) is 0. The third kappa shape index (κ3) is 6.02. The molecule has 0 radical (unpaired) electrons. The van der Waals surface area contributed by atoms with Crippen LogP contribution in [0.2, 0.25) is 0 Å². The standard InChI is InChI=1S/C28H31N3O3/c1-20(27(32)31-26(21-11-4-2-5-12-21)22-13-6-3-7-14-22)30-25-17-9-8-16-24(25)28(33)29-19-23-15-10-18-34-23/h2-9,11-14,16-17,20,23,26,30H,10,15,18-19H2,1H3,(H,29,33)(H,31,32)/t20-,23-/m1/s1. The fourth-order valence-corrected chi connectivity index (χ4v) is 4.13. The van der Waals surface area contributed by atoms with Crippen LogP contribution in [0.1, 0.15) is 47.3 Å². The lowest BCUT2D eigenvalue weighted by Gasteiger charge is -2.23. The van der Waals surface area contributed by atoms with Crippen molar-refractivity contribution in [2.24, 2.45) is 0 Å². The molecule has 3 aromatic carbocycles. The van der Waals surface area contributed by atoms with E-state index in [4.69, 9.17) is 4.74 Å². The molecule has 1 fully saturated rings. The molecule has 4 rings (SSSR count). The number of para-hydroxylation sites is 1. The third-order valence-electron chi connectivity index (χ3n) is 6.00. The Morgan fingerprint density at radius 3 is 2.15 bits per heavy atom. The van der Waals surface area contributed by atoms with Crippen LogP contribution in [0.5, 0.6) is 0 Å². The van der Waals surface area contributed by atoms with Crippen LogP contribution in [0.25, 0.3) is 0 Å². The second-order valence-electron chi connectivity index (χ2n) is 8.52. The van der Waals surface area contributed by atoms with Crippen molar-refractivity contribution in [2.75, 3.05) is 18.5 Å². The molecular formula is C28H31N3O3. The summed E-state index contributed by atoms with van der Waals surface area (Å²) in [6.07, 6.45) is 2.06. The zero-order valence-electron chi connectivity index (χ0n) is 19.4. The smallest absolute Gasteiger partial charge is 0.253 e. The van der Waals surface area contributed by atoms with Crippen molar-refractivity contribution < 1.29 is 14.3 Å². The van der Waals surface area contributed by atoms with Crippen LogP contribution in [0, 0.1) is 0 Å². The van der Waals surface area contributed by atoms with Crippen molar-refractivity contribution in [1.82, 2.24) is 10.6 Å². The number of hydrogen-bond donors (Lipinski definition) is 3. The zero-order chi connectivity index (χ0) is 23.8. The predicted molar refractivity (Wildman–Crippen MR) is 134 cm³/mol. The molecule has 176 valence electrons. The number of carbonyl (C=O) groups excluding carboxylic acids is 2. The van der Waals surface area contributed by atoms with E-state index in [1.165, 1.54) is 0 Å². The number of amides is 2. The second kappa shape index (κ2) is 11.5. The molecule has 1 saturated heterocycles. The van der Waals surface area contributed by atoms with Crippen molar-refractivity contribution >= 4 is 17.5 Å². The highest BCUT2D eigenvalue weighted by molar-refractivity contribution is 6.00. The summed E-state index contributed by atoms with van der Waals surface area (Å²) in [6.45, 7) is 3.03. The van der Waals surface area contributed by atoms with Gasteiger partial charge in [0.15, 0.2) is 0 Å². The number of hydrogen-bond acceptors (Lipinski definition) is 4. The lowest BCUT2D eigenvalue weighted by Crippen LogP contribution is -2.40. The monoisotopic (exact) mass is 457 g/mol. The van der Waals surface area contributed by atoms with Gasteiger partial charge in [0.2, 0.25) is 5.91 Å². The van der Waals surface area contributed by atoms with Crippen molar-refractivity contribution in [3.63, 3.8) is 0 Å². The molecule has 2 atom stereocenters. The minimum atomic E-state index is -0.554. The lowest BCUT2D eigenvalue weighted by molar-refractivity contribution is -0.122. The molecule has 3 aromatic rings. The number of nitrogens with one attached hydrogen (secondary N) is 3. The van der Waals surface area contributed by atoms with Crippen LogP contribution in [-0.4, -0.2) is 37.1 Å². The SMILES string of the molecule is C[C@@H](Nc1ccccc1C(=O)NC[C@H]1CCCO1)C(=O)NC(c1ccccc1)c1ccccc1. The average Bonchev–Trinajstić information content (AvgIpc) is 3.41. The lowest BCUT2D eigenvalue weighted by atomic mass is 9.98. The number of anilines is 1. The molecule has 0 unspecified atom stereocenters. The van der Waals surface area contributed by atoms with Crippen LogP contribution >= 0.6 is 0 Å². The maximum absolute atomic E-state index is 13.2. The largest absolute Gasteiger partial charge is 0.376 e. The Bertz CT molecular complexity index is 1040. The van der Waals surface area contributed by atoms with Gasteiger partial charge in [-0.3, -0.25) is 9.59 Å². The van der Waals surface area contributed by atoms with Crippen LogP contribution in [0.15, 0.2) is 84.9 Å². The van der Waals surface area contributed by atoms with Gasteiger partial charge in [-0.05, 0) is 43.0 Å². The Morgan fingerprint density at radius 1 is 0.912 bits per heavy atom. The molecule has 0 aromatic heterocycles. The highest BCUT2D eigenvalue weighted by atomic mass is 16.5. The maximum Gasteiger partial charge on any atom is 0.253 e. The predicted octanol–water partition coefficient (Wildman–Crippen LogP) is 4.30. The summed E-state index contributed by atoms with van der Waals surface area (Å²) >= 11 is 0. The topological polar surface area (TPSA) is 79.5 Å². The van der Waals surface area contributed by atoms with Gasteiger partial charge < -0.3 is 20.7 Å². The summed E-state index contributed by atoms with van der Waals surface area (Å²) in [5, 5.41) is 9.34. The zero-order valence-corrected chi connectivity index (χ0v) is 19.4. The molecular weight excluding hydrogens is 426 g/mol. The first-order valence-corrected chi connectivity index (χ1v) is 11.8. The molecule has 1 heterocycles. The first-order chi connectivity index (χ1) is 16.6. The number of ether oxygens (including phenoxy) is 1. The minimum absolute atomic E-state index is 0.0710. The Balaban J connectivity index is 1.44. The Morgan fingerprint density at radius 2 is 1.53 bits per heavy atom. The summed E-state index contributed by atoms with van der Waals surface area (Å²) in [4.78, 5) is 26.0. The van der Waals surface area contributed by atoms with E-state index in [-0.39, 0.29) is 24.0 Å². The molecule has 2 amide bonds. The molecule has 0 saturated carbocycles. The van der Waals surface area contributed by atoms with Gasteiger partial charge in [0.05, 0.1) is 17.7 Å². The summed E-state index contributed by atoms with van der Waals surface area (Å²) in [5.74, 6) is -0.343. The minimum Gasteiger partial charge on any atom is -0.376 e. The highest BCUT2D eigenvalue weighted by Crippen LogP contribution is 2.23. The second-order valence-corrected chi connectivity index (χ2v) is 8.52. The van der Waals surface area contributed by atoms with E-state index in [9.17, 15) is 9.59 Å². The van der Waals surface area contributed by atoms with Gasteiger partial charge in [-0.15, -0.1) is 0 Å². The van der Waals surface area contributed by atoms with Gasteiger partial charge in [-0.2, -0.15) is 0 Å². The molecule has 0 spiro atoms. The van der Waals surface area contributed by atoms with Crippen LogP contribution in [0.3, 0.4) is 0 Å². The summed E-state index contributed by atoms with van der Waals surface area (Å²) in [5.41, 5.74) is 3.13. The molecule has 6 nitrogen and oxygen atoms in total. The molecule has 1 aliphatic heterocycles. The van der Waals surface area contributed by atoms with E-state index < -0.39 is 6.04 Å². The van der Waals surface area contributed by atoms with Gasteiger partial charge in [-0.25, -0.2) is 0 Å². The van der Waals surface area contributed by atoms with E-state index in [1.807, 2.05) is 78.9 Å². The fourth-order valence-electron chi connectivity index (χ4n) is 4.13. The van der Waals surface area contributed by atoms with Crippen molar-refractivity contribution in [3.05, 3.63) is 102 Å². The van der Waals surface area contributed by atoms with Gasteiger partial charge in [-0.1, -0.05) is 72.8 Å². The summed E-state index contributed by atoms with van der Waals surface area (Å²) < 4.78 is 5.59.